The molecule has 1 unspecified atom stereocenters. The van der Waals surface area contributed by atoms with Crippen molar-refractivity contribution in [1.29, 1.82) is 0 Å². The number of nitrogens with zero attached hydrogens (tertiary/aromatic N) is 2. The molecule has 5 rings (SSSR count). The van der Waals surface area contributed by atoms with Crippen molar-refractivity contribution in [1.82, 2.24) is 9.80 Å². The lowest BCUT2D eigenvalue weighted by atomic mass is 9.89. The maximum Gasteiger partial charge on any atom is 0.230 e. The number of benzene rings is 3. The van der Waals surface area contributed by atoms with E-state index in [0.717, 1.165) is 63.8 Å². The molecule has 2 saturated heterocycles. The van der Waals surface area contributed by atoms with Gasteiger partial charge in [0, 0.05) is 32.6 Å². The zero-order chi connectivity index (χ0) is 23.6. The van der Waals surface area contributed by atoms with Crippen molar-refractivity contribution in [2.45, 2.75) is 51.1 Å². The zero-order valence-corrected chi connectivity index (χ0v) is 19.8. The Bertz CT molecular complexity index is 1040. The topological polar surface area (TPSA) is 40.6 Å². The second kappa shape index (κ2) is 12.2. The number of rotatable bonds is 5. The Morgan fingerprint density at radius 1 is 0.618 bits per heavy atom. The average molecular weight is 455 g/mol. The Hall–Kier alpha value is -3.40. The molecule has 2 aliphatic heterocycles. The summed E-state index contributed by atoms with van der Waals surface area (Å²) in [6.45, 7) is 3.30. The molecule has 176 valence electrons. The molecule has 0 bridgehead atoms. The molecule has 0 radical (unpaired) electrons. The lowest BCUT2D eigenvalue weighted by Gasteiger charge is -2.32. The van der Waals surface area contributed by atoms with Crippen LogP contribution in [0.2, 0.25) is 0 Å². The standard InChI is InChI=1S/C18H19NO.C12H15NO/c20-18-17(16-10-5-2-6-11-16)12-7-13-19(18)14-15-8-3-1-4-9-15;14-12-8-4-5-9-13(12)10-11-6-2-1-3-7-11/h1-6,8-11,17H,7,12-14H2;1-3,6-7H,4-5,8-10H2. The molecule has 0 saturated carbocycles. The van der Waals surface area contributed by atoms with Crippen LogP contribution in [-0.4, -0.2) is 34.7 Å². The maximum absolute atomic E-state index is 12.7. The number of piperidine rings is 2. The highest BCUT2D eigenvalue weighted by molar-refractivity contribution is 5.84. The van der Waals surface area contributed by atoms with Crippen molar-refractivity contribution in [2.75, 3.05) is 13.1 Å². The summed E-state index contributed by atoms with van der Waals surface area (Å²) in [7, 11) is 0. The molecule has 4 heteroatoms. The van der Waals surface area contributed by atoms with Crippen molar-refractivity contribution in [3.63, 3.8) is 0 Å². The summed E-state index contributed by atoms with van der Waals surface area (Å²) in [6.07, 6.45) is 4.99. The molecule has 0 spiro atoms. The average Bonchev–Trinajstić information content (AvgIpc) is 2.89. The summed E-state index contributed by atoms with van der Waals surface area (Å²) in [5.41, 5.74) is 3.58. The monoisotopic (exact) mass is 454 g/mol. The lowest BCUT2D eigenvalue weighted by molar-refractivity contribution is -0.136. The van der Waals surface area contributed by atoms with Gasteiger partial charge in [-0.15, -0.1) is 0 Å². The van der Waals surface area contributed by atoms with Crippen molar-refractivity contribution in [3.8, 4) is 0 Å². The van der Waals surface area contributed by atoms with Crippen LogP contribution >= 0.6 is 0 Å². The summed E-state index contributed by atoms with van der Waals surface area (Å²) < 4.78 is 0. The molecule has 3 aromatic rings. The van der Waals surface area contributed by atoms with E-state index in [9.17, 15) is 9.59 Å². The van der Waals surface area contributed by atoms with Crippen LogP contribution in [0.3, 0.4) is 0 Å². The van der Waals surface area contributed by atoms with Crippen molar-refractivity contribution in [3.05, 3.63) is 108 Å². The molecule has 0 aliphatic carbocycles. The van der Waals surface area contributed by atoms with Crippen molar-refractivity contribution >= 4 is 11.8 Å². The first-order chi connectivity index (χ1) is 16.7. The first kappa shape index (κ1) is 23.7. The van der Waals surface area contributed by atoms with Crippen LogP contribution in [0.15, 0.2) is 91.0 Å². The summed E-state index contributed by atoms with van der Waals surface area (Å²) >= 11 is 0. The molecule has 2 heterocycles. The van der Waals surface area contributed by atoms with E-state index in [1.54, 1.807) is 0 Å². The quantitative estimate of drug-likeness (QED) is 0.489. The van der Waals surface area contributed by atoms with E-state index in [1.165, 1.54) is 11.1 Å². The maximum atomic E-state index is 12.7. The first-order valence-electron chi connectivity index (χ1n) is 12.4. The fraction of sp³-hybridized carbons (Fsp3) is 0.333. The number of amides is 2. The summed E-state index contributed by atoms with van der Waals surface area (Å²) in [5.74, 6) is 0.611. The lowest BCUT2D eigenvalue weighted by Crippen LogP contribution is -2.39. The van der Waals surface area contributed by atoms with Gasteiger partial charge in [0.05, 0.1) is 5.92 Å². The third kappa shape index (κ3) is 6.57. The second-order valence-electron chi connectivity index (χ2n) is 9.11. The Morgan fingerprint density at radius 2 is 1.15 bits per heavy atom. The van der Waals surface area contributed by atoms with Crippen LogP contribution in [0, 0.1) is 0 Å². The van der Waals surface area contributed by atoms with Crippen molar-refractivity contribution < 1.29 is 9.59 Å². The van der Waals surface area contributed by atoms with Gasteiger partial charge in [-0.1, -0.05) is 91.0 Å². The highest BCUT2D eigenvalue weighted by Crippen LogP contribution is 2.28. The van der Waals surface area contributed by atoms with E-state index < -0.39 is 0 Å². The van der Waals surface area contributed by atoms with Crippen LogP contribution in [0.25, 0.3) is 0 Å². The smallest absolute Gasteiger partial charge is 0.230 e. The molecular weight excluding hydrogens is 420 g/mol. The van der Waals surface area contributed by atoms with E-state index in [4.69, 9.17) is 0 Å². The Balaban J connectivity index is 0.000000172. The molecule has 2 fully saturated rings. The van der Waals surface area contributed by atoms with Gasteiger partial charge in [0.15, 0.2) is 0 Å². The molecular formula is C30H34N2O2. The van der Waals surface area contributed by atoms with Gasteiger partial charge in [0.1, 0.15) is 0 Å². The number of carbonyl (C=O) groups excluding carboxylic acids is 2. The minimum absolute atomic E-state index is 0.0358. The third-order valence-electron chi connectivity index (χ3n) is 6.59. The molecule has 2 amide bonds. The predicted octanol–water partition coefficient (Wildman–Crippen LogP) is 5.79. The van der Waals surface area contributed by atoms with Crippen LogP contribution in [0.4, 0.5) is 0 Å². The molecule has 1 atom stereocenters. The number of hydrogen-bond donors (Lipinski definition) is 0. The fourth-order valence-corrected chi connectivity index (χ4v) is 4.73. The Labute approximate surface area is 203 Å². The highest BCUT2D eigenvalue weighted by atomic mass is 16.2. The largest absolute Gasteiger partial charge is 0.338 e. The highest BCUT2D eigenvalue weighted by Gasteiger charge is 2.29. The summed E-state index contributed by atoms with van der Waals surface area (Å²) in [6, 6.07) is 30.6. The molecule has 34 heavy (non-hydrogen) atoms. The Kier molecular flexibility index (Phi) is 8.50. The van der Waals surface area contributed by atoms with Gasteiger partial charge >= 0.3 is 0 Å². The third-order valence-corrected chi connectivity index (χ3v) is 6.59. The number of carbonyl (C=O) groups is 2. The van der Waals surface area contributed by atoms with E-state index in [2.05, 4.69) is 36.4 Å². The predicted molar refractivity (Wildman–Crippen MR) is 136 cm³/mol. The first-order valence-corrected chi connectivity index (χ1v) is 12.4. The van der Waals surface area contributed by atoms with Gasteiger partial charge < -0.3 is 9.80 Å². The molecule has 4 nitrogen and oxygen atoms in total. The summed E-state index contributed by atoms with van der Waals surface area (Å²) in [5, 5.41) is 0. The van der Waals surface area contributed by atoms with Gasteiger partial charge in [0.25, 0.3) is 0 Å². The van der Waals surface area contributed by atoms with Crippen LogP contribution in [0.5, 0.6) is 0 Å². The van der Waals surface area contributed by atoms with E-state index in [-0.39, 0.29) is 11.8 Å². The van der Waals surface area contributed by atoms with Gasteiger partial charge in [-0.25, -0.2) is 0 Å². The second-order valence-corrected chi connectivity index (χ2v) is 9.11. The van der Waals surface area contributed by atoms with Crippen LogP contribution < -0.4 is 0 Å². The van der Waals surface area contributed by atoms with E-state index >= 15 is 0 Å². The van der Waals surface area contributed by atoms with Gasteiger partial charge in [-0.2, -0.15) is 0 Å². The van der Waals surface area contributed by atoms with Gasteiger partial charge in [0.2, 0.25) is 11.8 Å². The fourth-order valence-electron chi connectivity index (χ4n) is 4.73. The summed E-state index contributed by atoms with van der Waals surface area (Å²) in [4.78, 5) is 28.1. The SMILES string of the molecule is O=C1C(c2ccccc2)CCCN1Cc1ccccc1.O=C1CCCCN1Cc1ccccc1. The molecule has 2 aliphatic rings. The number of hydrogen-bond acceptors (Lipinski definition) is 2. The minimum atomic E-state index is 0.0358. The van der Waals surface area contributed by atoms with E-state index in [1.807, 2.05) is 64.4 Å². The number of likely N-dealkylation sites (tertiary alicyclic amines) is 2. The zero-order valence-electron chi connectivity index (χ0n) is 19.8. The van der Waals surface area contributed by atoms with Gasteiger partial charge in [-0.05, 0) is 42.4 Å². The van der Waals surface area contributed by atoms with Crippen LogP contribution in [-0.2, 0) is 22.7 Å². The normalized spacial score (nSPS) is 18.3. The van der Waals surface area contributed by atoms with Crippen LogP contribution in [0.1, 0.15) is 54.7 Å². The minimum Gasteiger partial charge on any atom is -0.338 e. The molecule has 3 aromatic carbocycles. The molecule has 0 aromatic heterocycles. The Morgan fingerprint density at radius 3 is 1.74 bits per heavy atom. The molecule has 0 N–H and O–H groups in total. The van der Waals surface area contributed by atoms with E-state index in [0.29, 0.717) is 5.91 Å². The van der Waals surface area contributed by atoms with Crippen molar-refractivity contribution in [2.24, 2.45) is 0 Å². The van der Waals surface area contributed by atoms with Gasteiger partial charge in [-0.3, -0.25) is 9.59 Å².